The number of nitrogens with zero attached hydrogens (tertiary/aromatic N) is 2. The van der Waals surface area contributed by atoms with Crippen molar-refractivity contribution in [3.8, 4) is 17.0 Å². The van der Waals surface area contributed by atoms with Crippen LogP contribution in [0.1, 0.15) is 21.7 Å². The van der Waals surface area contributed by atoms with E-state index >= 15 is 0 Å². The molecule has 0 saturated heterocycles. The molecule has 0 unspecified atom stereocenters. The maximum atomic E-state index is 11.8. The quantitative estimate of drug-likeness (QED) is 0.558. The minimum atomic E-state index is 0.469. The first-order valence-corrected chi connectivity index (χ1v) is 7.80. The van der Waals surface area contributed by atoms with E-state index in [1.165, 1.54) is 0 Å². The lowest BCUT2D eigenvalue weighted by Gasteiger charge is -2.05. The van der Waals surface area contributed by atoms with Gasteiger partial charge in [0.1, 0.15) is 12.4 Å². The number of rotatable bonds is 6. The number of hydrogen-bond acceptors (Lipinski definition) is 4. The Kier molecular flexibility index (Phi) is 4.40. The summed E-state index contributed by atoms with van der Waals surface area (Å²) in [5.41, 5.74) is 5.20. The third-order valence-electron chi connectivity index (χ3n) is 4.24. The molecule has 6 heteroatoms. The van der Waals surface area contributed by atoms with Gasteiger partial charge in [0, 0.05) is 41.9 Å². The second-order valence-corrected chi connectivity index (χ2v) is 5.75. The Morgan fingerprint density at radius 1 is 1.29 bits per heavy atom. The van der Waals surface area contributed by atoms with E-state index in [1.54, 1.807) is 7.11 Å². The molecule has 3 aromatic rings. The highest BCUT2D eigenvalue weighted by molar-refractivity contribution is 6.05. The van der Waals surface area contributed by atoms with Crippen LogP contribution in [0.4, 0.5) is 0 Å². The summed E-state index contributed by atoms with van der Waals surface area (Å²) in [7, 11) is 3.53. The number of carbonyl (C=O) groups is 1. The molecule has 0 bridgehead atoms. The van der Waals surface area contributed by atoms with E-state index in [1.807, 2.05) is 43.8 Å². The van der Waals surface area contributed by atoms with Gasteiger partial charge in [-0.15, -0.1) is 0 Å². The van der Waals surface area contributed by atoms with E-state index in [-0.39, 0.29) is 0 Å². The molecule has 0 saturated carbocycles. The maximum absolute atomic E-state index is 11.8. The van der Waals surface area contributed by atoms with Crippen molar-refractivity contribution in [1.29, 1.82) is 0 Å². The lowest BCUT2D eigenvalue weighted by molar-refractivity contribution is 0.112. The number of aryl methyl sites for hydroxylation is 2. The summed E-state index contributed by atoms with van der Waals surface area (Å²) >= 11 is 0. The summed E-state index contributed by atoms with van der Waals surface area (Å²) < 4.78 is 12.5. The molecule has 2 aromatic heterocycles. The Labute approximate surface area is 140 Å². The number of nitrogens with one attached hydrogen (secondary N) is 1. The van der Waals surface area contributed by atoms with Gasteiger partial charge >= 0.3 is 0 Å². The highest BCUT2D eigenvalue weighted by atomic mass is 16.5. The summed E-state index contributed by atoms with van der Waals surface area (Å²) in [5, 5.41) is 5.29. The molecule has 1 aromatic carbocycles. The molecule has 3 rings (SSSR count). The van der Waals surface area contributed by atoms with Gasteiger partial charge in [-0.2, -0.15) is 5.10 Å². The number of benzene rings is 1. The Balaban J connectivity index is 2.11. The summed E-state index contributed by atoms with van der Waals surface area (Å²) in [6, 6.07) is 5.70. The van der Waals surface area contributed by atoms with Crippen molar-refractivity contribution in [3.63, 3.8) is 0 Å². The zero-order chi connectivity index (χ0) is 17.3. The molecule has 0 aliphatic heterocycles. The Morgan fingerprint density at radius 3 is 2.71 bits per heavy atom. The number of ether oxygens (including phenoxy) is 2. The van der Waals surface area contributed by atoms with Crippen LogP contribution in [0.3, 0.4) is 0 Å². The standard InChI is InChI=1S/C18H21N3O3/c1-11-17(12(2)21(3)20-11)18-15(10-22)14-9-13(24-8-7-23-4)5-6-16(14)19-18/h5-6,9-10,19H,7-8H2,1-4H3. The smallest absolute Gasteiger partial charge is 0.152 e. The van der Waals surface area contributed by atoms with Crippen LogP contribution < -0.4 is 4.74 Å². The largest absolute Gasteiger partial charge is 0.491 e. The first-order valence-electron chi connectivity index (χ1n) is 7.80. The molecule has 0 atom stereocenters. The molecular weight excluding hydrogens is 306 g/mol. The zero-order valence-electron chi connectivity index (χ0n) is 14.3. The number of aldehydes is 1. The fourth-order valence-corrected chi connectivity index (χ4v) is 2.98. The van der Waals surface area contributed by atoms with Crippen LogP contribution in [0, 0.1) is 13.8 Å². The Hall–Kier alpha value is -2.60. The molecule has 0 fully saturated rings. The van der Waals surface area contributed by atoms with E-state index in [2.05, 4.69) is 10.1 Å². The van der Waals surface area contributed by atoms with Gasteiger partial charge in [-0.1, -0.05) is 0 Å². The Morgan fingerprint density at radius 2 is 2.08 bits per heavy atom. The van der Waals surface area contributed by atoms with Crippen molar-refractivity contribution in [2.45, 2.75) is 13.8 Å². The van der Waals surface area contributed by atoms with Crippen LogP contribution >= 0.6 is 0 Å². The lowest BCUT2D eigenvalue weighted by Crippen LogP contribution is -2.03. The van der Waals surface area contributed by atoms with Gasteiger partial charge in [-0.25, -0.2) is 0 Å². The van der Waals surface area contributed by atoms with Crippen molar-refractivity contribution >= 4 is 17.2 Å². The number of fused-ring (bicyclic) bond motifs is 1. The van der Waals surface area contributed by atoms with Gasteiger partial charge in [0.15, 0.2) is 6.29 Å². The molecule has 2 heterocycles. The molecule has 1 N–H and O–H groups in total. The number of hydrogen-bond donors (Lipinski definition) is 1. The average Bonchev–Trinajstić information content (AvgIpc) is 3.03. The SMILES string of the molecule is COCCOc1ccc2[nH]c(-c3c(C)nn(C)c3C)c(C=O)c2c1. The van der Waals surface area contributed by atoms with E-state index in [4.69, 9.17) is 9.47 Å². The van der Waals surface area contributed by atoms with Gasteiger partial charge in [0.25, 0.3) is 0 Å². The van der Waals surface area contributed by atoms with Gasteiger partial charge in [-0.05, 0) is 32.0 Å². The van der Waals surface area contributed by atoms with Crippen LogP contribution in [0.25, 0.3) is 22.2 Å². The molecule has 126 valence electrons. The van der Waals surface area contributed by atoms with E-state index in [9.17, 15) is 4.79 Å². The molecular formula is C18H21N3O3. The summed E-state index contributed by atoms with van der Waals surface area (Å²) in [4.78, 5) is 15.1. The third-order valence-corrected chi connectivity index (χ3v) is 4.24. The molecule has 24 heavy (non-hydrogen) atoms. The van der Waals surface area contributed by atoms with E-state index in [0.717, 1.165) is 39.8 Å². The summed E-state index contributed by atoms with van der Waals surface area (Å²) in [6.45, 7) is 4.93. The Bertz CT molecular complexity index is 893. The molecule has 0 aliphatic rings. The fraction of sp³-hybridized carbons (Fsp3) is 0.333. The van der Waals surface area contributed by atoms with Crippen LogP contribution in [0.2, 0.25) is 0 Å². The average molecular weight is 327 g/mol. The molecule has 6 nitrogen and oxygen atoms in total. The molecule has 0 amide bonds. The van der Waals surface area contributed by atoms with Crippen molar-refractivity contribution in [3.05, 3.63) is 35.2 Å². The molecule has 0 radical (unpaired) electrons. The minimum Gasteiger partial charge on any atom is -0.491 e. The topological polar surface area (TPSA) is 69.1 Å². The van der Waals surface area contributed by atoms with Crippen LogP contribution in [0.5, 0.6) is 5.75 Å². The fourth-order valence-electron chi connectivity index (χ4n) is 2.98. The van der Waals surface area contributed by atoms with E-state index in [0.29, 0.717) is 24.5 Å². The van der Waals surface area contributed by atoms with Gasteiger partial charge in [0.05, 0.1) is 18.0 Å². The molecule has 0 spiro atoms. The highest BCUT2D eigenvalue weighted by Crippen LogP contribution is 2.34. The van der Waals surface area contributed by atoms with Crippen molar-refractivity contribution < 1.29 is 14.3 Å². The summed E-state index contributed by atoms with van der Waals surface area (Å²) in [6.07, 6.45) is 0.888. The first kappa shape index (κ1) is 16.3. The van der Waals surface area contributed by atoms with Crippen LogP contribution in [-0.4, -0.2) is 41.4 Å². The first-order chi connectivity index (χ1) is 11.6. The highest BCUT2D eigenvalue weighted by Gasteiger charge is 2.19. The predicted molar refractivity (Wildman–Crippen MR) is 92.7 cm³/mol. The number of aromatic amines is 1. The number of carbonyl (C=O) groups excluding carboxylic acids is 1. The maximum Gasteiger partial charge on any atom is 0.152 e. The van der Waals surface area contributed by atoms with Gasteiger partial charge < -0.3 is 14.5 Å². The lowest BCUT2D eigenvalue weighted by atomic mass is 10.0. The van der Waals surface area contributed by atoms with Gasteiger partial charge in [-0.3, -0.25) is 9.48 Å². The van der Waals surface area contributed by atoms with Crippen molar-refractivity contribution in [1.82, 2.24) is 14.8 Å². The number of aromatic nitrogens is 3. The van der Waals surface area contributed by atoms with Crippen LogP contribution in [0.15, 0.2) is 18.2 Å². The van der Waals surface area contributed by atoms with Gasteiger partial charge in [0.2, 0.25) is 0 Å². The molecule has 0 aliphatic carbocycles. The predicted octanol–water partition coefficient (Wildman–Crippen LogP) is 3.02. The number of methoxy groups -OCH3 is 1. The van der Waals surface area contributed by atoms with Crippen LogP contribution in [-0.2, 0) is 11.8 Å². The van der Waals surface area contributed by atoms with E-state index < -0.39 is 0 Å². The minimum absolute atomic E-state index is 0.469. The zero-order valence-corrected chi connectivity index (χ0v) is 14.3. The second kappa shape index (κ2) is 6.49. The second-order valence-electron chi connectivity index (χ2n) is 5.75. The normalized spacial score (nSPS) is 11.2. The monoisotopic (exact) mass is 327 g/mol. The summed E-state index contributed by atoms with van der Waals surface area (Å²) in [5.74, 6) is 0.716. The van der Waals surface area contributed by atoms with Crippen molar-refractivity contribution in [2.24, 2.45) is 7.05 Å². The third kappa shape index (κ3) is 2.69. The number of H-pyrrole nitrogens is 1. The van der Waals surface area contributed by atoms with Crippen molar-refractivity contribution in [2.75, 3.05) is 20.3 Å².